The molecule has 1 aliphatic carbocycles. The number of carbonyl (C=O) groups is 2. The first-order valence-corrected chi connectivity index (χ1v) is 11.5. The number of rotatable bonds is 7. The normalized spacial score (nSPS) is 16.5. The van der Waals surface area contributed by atoms with Gasteiger partial charge in [-0.2, -0.15) is 0 Å². The molecule has 0 spiro atoms. The van der Waals surface area contributed by atoms with E-state index in [2.05, 4.69) is 12.2 Å². The highest BCUT2D eigenvalue weighted by atomic mass is 32.1. The lowest BCUT2D eigenvalue weighted by Gasteiger charge is -2.19. The number of anilines is 1. The van der Waals surface area contributed by atoms with Gasteiger partial charge in [0.15, 0.2) is 6.10 Å². The molecule has 2 atom stereocenters. The number of nitrogens with one attached hydrogen (secondary N) is 1. The third-order valence-corrected chi connectivity index (χ3v) is 6.82. The summed E-state index contributed by atoms with van der Waals surface area (Å²) in [6.07, 6.45) is 2.69. The maximum atomic E-state index is 13.0. The number of esters is 1. The van der Waals surface area contributed by atoms with Gasteiger partial charge in [0, 0.05) is 4.88 Å². The van der Waals surface area contributed by atoms with E-state index in [1.807, 2.05) is 39.0 Å². The second kappa shape index (κ2) is 9.65. The summed E-state index contributed by atoms with van der Waals surface area (Å²) in [5, 5.41) is 3.56. The lowest BCUT2D eigenvalue weighted by molar-refractivity contribution is -0.122. The molecule has 0 bridgehead atoms. The molecule has 162 valence electrons. The van der Waals surface area contributed by atoms with Crippen LogP contribution in [0.4, 0.5) is 5.00 Å². The molecular weight excluding hydrogens is 398 g/mol. The summed E-state index contributed by atoms with van der Waals surface area (Å²) in [5.41, 5.74) is 3.86. The Morgan fingerprint density at radius 3 is 2.67 bits per heavy atom. The smallest absolute Gasteiger partial charge is 0.341 e. The van der Waals surface area contributed by atoms with E-state index >= 15 is 0 Å². The summed E-state index contributed by atoms with van der Waals surface area (Å²) >= 11 is 1.50. The lowest BCUT2D eigenvalue weighted by Crippen LogP contribution is -2.32. The fourth-order valence-corrected chi connectivity index (χ4v) is 5.13. The molecule has 1 heterocycles. The van der Waals surface area contributed by atoms with Crippen LogP contribution in [0, 0.1) is 19.8 Å². The van der Waals surface area contributed by atoms with Gasteiger partial charge in [0.25, 0.3) is 5.91 Å². The van der Waals surface area contributed by atoms with Gasteiger partial charge < -0.3 is 14.8 Å². The van der Waals surface area contributed by atoms with Crippen LogP contribution in [0.15, 0.2) is 18.2 Å². The van der Waals surface area contributed by atoms with Gasteiger partial charge in [-0.1, -0.05) is 19.9 Å². The number of hydrogen-bond acceptors (Lipinski definition) is 5. The molecule has 6 heteroatoms. The van der Waals surface area contributed by atoms with Crippen molar-refractivity contribution in [3.05, 3.63) is 45.3 Å². The van der Waals surface area contributed by atoms with Gasteiger partial charge in [-0.05, 0) is 81.2 Å². The van der Waals surface area contributed by atoms with Crippen molar-refractivity contribution in [3.63, 3.8) is 0 Å². The minimum absolute atomic E-state index is 0.243. The zero-order chi connectivity index (χ0) is 21.8. The maximum Gasteiger partial charge on any atom is 0.341 e. The largest absolute Gasteiger partial charge is 0.481 e. The zero-order valence-corrected chi connectivity index (χ0v) is 19.3. The lowest BCUT2D eigenvalue weighted by atomic mass is 9.88. The minimum atomic E-state index is -0.639. The molecule has 30 heavy (non-hydrogen) atoms. The molecule has 0 aliphatic heterocycles. The maximum absolute atomic E-state index is 13.0. The Kier molecular flexibility index (Phi) is 7.19. The van der Waals surface area contributed by atoms with Gasteiger partial charge >= 0.3 is 5.97 Å². The molecule has 5 nitrogen and oxygen atoms in total. The van der Waals surface area contributed by atoms with Crippen molar-refractivity contribution < 1.29 is 19.1 Å². The SMILES string of the molecule is CCOC(=O)c1c(NC(=O)[C@H](CC)Oc2ccc(C)c(C)c2)sc2c1CC[C@H](C)C2. The van der Waals surface area contributed by atoms with Crippen molar-refractivity contribution in [2.45, 2.75) is 66.4 Å². The topological polar surface area (TPSA) is 64.6 Å². The summed E-state index contributed by atoms with van der Waals surface area (Å²) in [5.74, 6) is 0.646. The van der Waals surface area contributed by atoms with Crippen LogP contribution in [0.25, 0.3) is 0 Å². The first kappa shape index (κ1) is 22.3. The number of aryl methyl sites for hydroxylation is 2. The van der Waals surface area contributed by atoms with E-state index in [-0.39, 0.29) is 11.9 Å². The molecule has 0 saturated heterocycles. The fraction of sp³-hybridized carbons (Fsp3) is 0.500. The Morgan fingerprint density at radius 2 is 2.00 bits per heavy atom. The molecular formula is C24H31NO4S. The van der Waals surface area contributed by atoms with E-state index in [0.717, 1.165) is 30.4 Å². The molecule has 0 unspecified atom stereocenters. The molecule has 1 aliphatic rings. The van der Waals surface area contributed by atoms with Crippen LogP contribution >= 0.6 is 11.3 Å². The van der Waals surface area contributed by atoms with E-state index in [9.17, 15) is 9.59 Å². The van der Waals surface area contributed by atoms with Gasteiger partial charge in [0.05, 0.1) is 12.2 Å². The van der Waals surface area contributed by atoms with E-state index in [1.54, 1.807) is 6.92 Å². The van der Waals surface area contributed by atoms with Crippen molar-refractivity contribution in [3.8, 4) is 5.75 Å². The quantitative estimate of drug-likeness (QED) is 0.594. The predicted molar refractivity (Wildman–Crippen MR) is 121 cm³/mol. The molecule has 0 radical (unpaired) electrons. The van der Waals surface area contributed by atoms with E-state index < -0.39 is 6.10 Å². The summed E-state index contributed by atoms with van der Waals surface area (Å²) in [6.45, 7) is 10.3. The van der Waals surface area contributed by atoms with Crippen LogP contribution in [-0.4, -0.2) is 24.6 Å². The summed E-state index contributed by atoms with van der Waals surface area (Å²) in [7, 11) is 0. The number of fused-ring (bicyclic) bond motifs is 1. The summed E-state index contributed by atoms with van der Waals surface area (Å²) < 4.78 is 11.3. The number of ether oxygens (including phenoxy) is 2. The van der Waals surface area contributed by atoms with Gasteiger partial charge in [-0.25, -0.2) is 4.79 Å². The van der Waals surface area contributed by atoms with E-state index in [4.69, 9.17) is 9.47 Å². The molecule has 0 fully saturated rings. The van der Waals surface area contributed by atoms with Gasteiger partial charge in [-0.3, -0.25) is 4.79 Å². The number of carbonyl (C=O) groups excluding carboxylic acids is 2. The third kappa shape index (κ3) is 4.86. The van der Waals surface area contributed by atoms with Crippen molar-refractivity contribution in [2.75, 3.05) is 11.9 Å². The van der Waals surface area contributed by atoms with Crippen molar-refractivity contribution in [1.82, 2.24) is 0 Å². The summed E-state index contributed by atoms with van der Waals surface area (Å²) in [6, 6.07) is 5.82. The highest BCUT2D eigenvalue weighted by Gasteiger charge is 2.30. The highest BCUT2D eigenvalue weighted by molar-refractivity contribution is 7.17. The Morgan fingerprint density at radius 1 is 1.23 bits per heavy atom. The standard InChI is InChI=1S/C24H31NO4S/c1-6-19(29-17-10-9-15(4)16(5)13-17)22(26)25-23-21(24(27)28-7-2)18-11-8-14(3)12-20(18)30-23/h9-10,13-14,19H,6-8,11-12H2,1-5H3,(H,25,26)/t14-,19-/m0/s1. The molecule has 1 aromatic heterocycles. The van der Waals surface area contributed by atoms with E-state index in [0.29, 0.717) is 35.3 Å². The molecule has 1 aromatic carbocycles. The van der Waals surface area contributed by atoms with E-state index in [1.165, 1.54) is 21.8 Å². The van der Waals surface area contributed by atoms with Crippen LogP contribution in [0.1, 0.15) is 65.5 Å². The van der Waals surface area contributed by atoms with Gasteiger partial charge in [-0.15, -0.1) is 11.3 Å². The van der Waals surface area contributed by atoms with Crippen LogP contribution in [0.5, 0.6) is 5.75 Å². The highest BCUT2D eigenvalue weighted by Crippen LogP contribution is 2.40. The molecule has 0 saturated carbocycles. The monoisotopic (exact) mass is 429 g/mol. The first-order chi connectivity index (χ1) is 14.3. The Hall–Kier alpha value is -2.34. The van der Waals surface area contributed by atoms with Gasteiger partial charge in [0.2, 0.25) is 0 Å². The molecule has 1 N–H and O–H groups in total. The Balaban J connectivity index is 1.83. The van der Waals surface area contributed by atoms with Crippen molar-refractivity contribution in [1.29, 1.82) is 0 Å². The van der Waals surface area contributed by atoms with Gasteiger partial charge in [0.1, 0.15) is 10.8 Å². The fourth-order valence-electron chi connectivity index (χ4n) is 3.72. The van der Waals surface area contributed by atoms with Crippen molar-refractivity contribution in [2.24, 2.45) is 5.92 Å². The minimum Gasteiger partial charge on any atom is -0.481 e. The predicted octanol–water partition coefficient (Wildman–Crippen LogP) is 5.46. The first-order valence-electron chi connectivity index (χ1n) is 10.7. The average molecular weight is 430 g/mol. The second-order valence-corrected chi connectivity index (χ2v) is 9.13. The number of amides is 1. The van der Waals surface area contributed by atoms with Crippen LogP contribution in [-0.2, 0) is 22.4 Å². The summed E-state index contributed by atoms with van der Waals surface area (Å²) in [4.78, 5) is 26.9. The Bertz CT molecular complexity index is 934. The number of thiophene rings is 1. The van der Waals surface area contributed by atoms with Crippen LogP contribution in [0.3, 0.4) is 0 Å². The third-order valence-electron chi connectivity index (χ3n) is 5.65. The Labute approximate surface area is 182 Å². The zero-order valence-electron chi connectivity index (χ0n) is 18.5. The van der Waals surface area contributed by atoms with Crippen LogP contribution < -0.4 is 10.1 Å². The second-order valence-electron chi connectivity index (χ2n) is 8.03. The van der Waals surface area contributed by atoms with Crippen molar-refractivity contribution >= 4 is 28.2 Å². The molecule has 2 aromatic rings. The average Bonchev–Trinajstić information content (AvgIpc) is 3.05. The molecule has 3 rings (SSSR count). The van der Waals surface area contributed by atoms with Crippen LogP contribution in [0.2, 0.25) is 0 Å². The molecule has 1 amide bonds. The number of benzene rings is 1. The number of hydrogen-bond donors (Lipinski definition) is 1.